The van der Waals surface area contributed by atoms with Crippen molar-refractivity contribution in [3.63, 3.8) is 0 Å². The van der Waals surface area contributed by atoms with Crippen LogP contribution >= 0.6 is 34.3 Å². The molecule has 0 spiro atoms. The molecule has 0 saturated carbocycles. The van der Waals surface area contributed by atoms with Gasteiger partial charge in [0.2, 0.25) is 5.91 Å². The minimum Gasteiger partial charge on any atom is -0.351 e. The lowest BCUT2D eigenvalue weighted by atomic mass is 9.98. The number of hydrogen-bond acceptors (Lipinski definition) is 4. The number of benzene rings is 1. The maximum atomic E-state index is 12.5. The van der Waals surface area contributed by atoms with Crippen molar-refractivity contribution in [3.05, 3.63) is 79.1 Å². The molecule has 0 bridgehead atoms. The van der Waals surface area contributed by atoms with E-state index in [0.29, 0.717) is 18.1 Å². The number of nitrogens with one attached hydrogen (secondary N) is 1. The normalized spacial score (nSPS) is 17.0. The fourth-order valence-electron chi connectivity index (χ4n) is 3.36. The number of fused-ring (bicyclic) bond motifs is 1. The molecule has 0 radical (unpaired) electrons. The van der Waals surface area contributed by atoms with Crippen LogP contribution in [0.4, 0.5) is 0 Å². The zero-order valence-electron chi connectivity index (χ0n) is 14.2. The molecule has 6 heteroatoms. The molecule has 0 fully saturated rings. The Morgan fingerprint density at radius 3 is 2.77 bits per heavy atom. The van der Waals surface area contributed by atoms with Gasteiger partial charge in [-0.2, -0.15) is 0 Å². The van der Waals surface area contributed by atoms with Gasteiger partial charge in [0.15, 0.2) is 0 Å². The molecule has 1 aliphatic heterocycles. The lowest BCUT2D eigenvalue weighted by Crippen LogP contribution is -2.42. The molecule has 3 heterocycles. The summed E-state index contributed by atoms with van der Waals surface area (Å²) in [6.07, 6.45) is 1.01. The summed E-state index contributed by atoms with van der Waals surface area (Å²) in [6.45, 7) is 1.84. The smallest absolute Gasteiger partial charge is 0.234 e. The molecule has 1 atom stereocenters. The number of nitrogens with zero attached hydrogens (tertiary/aromatic N) is 1. The highest BCUT2D eigenvalue weighted by Gasteiger charge is 2.31. The van der Waals surface area contributed by atoms with Gasteiger partial charge in [-0.05, 0) is 52.6 Å². The first kappa shape index (κ1) is 17.7. The van der Waals surface area contributed by atoms with Gasteiger partial charge in [-0.1, -0.05) is 29.8 Å². The standard InChI is InChI=1S/C20H19ClN2OS2/c21-15-5-3-14(4-6-15)12-22-19(24)13-23-9-7-17-16(8-11-26-17)20(23)18-2-1-10-25-18/h1-6,8,10-11,20H,7,9,12-13H2,(H,22,24). The summed E-state index contributed by atoms with van der Waals surface area (Å²) in [5, 5.41) is 8.01. The Balaban J connectivity index is 1.44. The lowest BCUT2D eigenvalue weighted by molar-refractivity contribution is -0.122. The largest absolute Gasteiger partial charge is 0.351 e. The van der Waals surface area contributed by atoms with Crippen molar-refractivity contribution in [1.82, 2.24) is 10.2 Å². The van der Waals surface area contributed by atoms with Crippen LogP contribution in [-0.4, -0.2) is 23.9 Å². The van der Waals surface area contributed by atoms with Crippen LogP contribution in [0.2, 0.25) is 5.02 Å². The van der Waals surface area contributed by atoms with Crippen LogP contribution in [0.1, 0.15) is 26.9 Å². The average molecular weight is 403 g/mol. The molecule has 134 valence electrons. The van der Waals surface area contributed by atoms with Crippen molar-refractivity contribution in [2.45, 2.75) is 19.0 Å². The first-order valence-corrected chi connectivity index (χ1v) is 10.7. The van der Waals surface area contributed by atoms with E-state index in [4.69, 9.17) is 11.6 Å². The van der Waals surface area contributed by atoms with Crippen molar-refractivity contribution in [3.8, 4) is 0 Å². The minimum absolute atomic E-state index is 0.0557. The third-order valence-corrected chi connectivity index (χ3v) is 6.80. The molecule has 0 saturated heterocycles. The fraction of sp³-hybridized carbons (Fsp3) is 0.250. The molecular formula is C20H19ClN2OS2. The van der Waals surface area contributed by atoms with E-state index in [0.717, 1.165) is 18.5 Å². The second kappa shape index (κ2) is 7.92. The number of carbonyl (C=O) groups is 1. The van der Waals surface area contributed by atoms with Gasteiger partial charge < -0.3 is 5.32 Å². The second-order valence-electron chi connectivity index (χ2n) is 6.34. The lowest BCUT2D eigenvalue weighted by Gasteiger charge is -2.34. The van der Waals surface area contributed by atoms with Gasteiger partial charge >= 0.3 is 0 Å². The van der Waals surface area contributed by atoms with Gasteiger partial charge in [-0.15, -0.1) is 22.7 Å². The van der Waals surface area contributed by atoms with Gasteiger partial charge in [0.1, 0.15) is 0 Å². The Labute approximate surface area is 166 Å². The predicted molar refractivity (Wildman–Crippen MR) is 109 cm³/mol. The molecule has 2 aromatic heterocycles. The van der Waals surface area contributed by atoms with E-state index in [-0.39, 0.29) is 11.9 Å². The van der Waals surface area contributed by atoms with E-state index >= 15 is 0 Å². The molecule has 4 rings (SSSR count). The molecule has 1 amide bonds. The van der Waals surface area contributed by atoms with E-state index in [1.807, 2.05) is 35.6 Å². The molecule has 1 unspecified atom stereocenters. The molecule has 0 aliphatic carbocycles. The van der Waals surface area contributed by atoms with Crippen molar-refractivity contribution < 1.29 is 4.79 Å². The number of hydrogen-bond donors (Lipinski definition) is 1. The van der Waals surface area contributed by atoms with E-state index < -0.39 is 0 Å². The van der Waals surface area contributed by atoms with Crippen LogP contribution in [0.3, 0.4) is 0 Å². The molecule has 1 aliphatic rings. The van der Waals surface area contributed by atoms with E-state index in [1.54, 1.807) is 11.3 Å². The van der Waals surface area contributed by atoms with Crippen LogP contribution in [0, 0.1) is 0 Å². The minimum atomic E-state index is 0.0557. The van der Waals surface area contributed by atoms with Crippen LogP contribution in [0.5, 0.6) is 0 Å². The zero-order chi connectivity index (χ0) is 17.9. The van der Waals surface area contributed by atoms with Crippen molar-refractivity contribution >= 4 is 40.2 Å². The van der Waals surface area contributed by atoms with Gasteiger partial charge in [0.25, 0.3) is 0 Å². The Morgan fingerprint density at radius 1 is 1.15 bits per heavy atom. The quantitative estimate of drug-likeness (QED) is 0.669. The van der Waals surface area contributed by atoms with Crippen LogP contribution < -0.4 is 5.32 Å². The average Bonchev–Trinajstić information content (AvgIpc) is 3.33. The topological polar surface area (TPSA) is 32.3 Å². The molecule has 1 N–H and O–H groups in total. The Bertz CT molecular complexity index is 874. The number of thiophene rings is 2. The molecule has 1 aromatic carbocycles. The third-order valence-electron chi connectivity index (χ3n) is 4.63. The van der Waals surface area contributed by atoms with Gasteiger partial charge in [0.05, 0.1) is 12.6 Å². The summed E-state index contributed by atoms with van der Waals surface area (Å²) < 4.78 is 0. The summed E-state index contributed by atoms with van der Waals surface area (Å²) >= 11 is 9.49. The zero-order valence-corrected chi connectivity index (χ0v) is 16.5. The molecule has 3 aromatic rings. The maximum Gasteiger partial charge on any atom is 0.234 e. The predicted octanol–water partition coefficient (Wildman–Crippen LogP) is 4.73. The maximum absolute atomic E-state index is 12.5. The Hall–Kier alpha value is -1.66. The van der Waals surface area contributed by atoms with Crippen LogP contribution in [0.25, 0.3) is 0 Å². The number of rotatable bonds is 5. The van der Waals surface area contributed by atoms with Crippen molar-refractivity contribution in [1.29, 1.82) is 0 Å². The number of halogens is 1. The Morgan fingerprint density at radius 2 is 2.00 bits per heavy atom. The highest BCUT2D eigenvalue weighted by atomic mass is 35.5. The Kier molecular flexibility index (Phi) is 5.41. The summed E-state index contributed by atoms with van der Waals surface area (Å²) in [6, 6.07) is 14.2. The first-order valence-electron chi connectivity index (χ1n) is 8.55. The highest BCUT2D eigenvalue weighted by molar-refractivity contribution is 7.10. The summed E-state index contributed by atoms with van der Waals surface area (Å²) in [5.41, 5.74) is 2.41. The van der Waals surface area contributed by atoms with E-state index in [1.165, 1.54) is 15.3 Å². The van der Waals surface area contributed by atoms with Crippen molar-refractivity contribution in [2.24, 2.45) is 0 Å². The van der Waals surface area contributed by atoms with E-state index in [2.05, 4.69) is 39.2 Å². The SMILES string of the molecule is O=C(CN1CCc2sccc2C1c1cccs1)NCc1ccc(Cl)cc1. The molecular weight excluding hydrogens is 384 g/mol. The molecule has 3 nitrogen and oxygen atoms in total. The fourth-order valence-corrected chi connectivity index (χ4v) is 5.27. The monoisotopic (exact) mass is 402 g/mol. The third kappa shape index (κ3) is 3.86. The first-order chi connectivity index (χ1) is 12.7. The number of carbonyl (C=O) groups excluding carboxylic acids is 1. The summed E-state index contributed by atoms with van der Waals surface area (Å²) in [7, 11) is 0. The highest BCUT2D eigenvalue weighted by Crippen LogP contribution is 2.39. The summed E-state index contributed by atoms with van der Waals surface area (Å²) in [4.78, 5) is 17.6. The van der Waals surface area contributed by atoms with Gasteiger partial charge in [-0.3, -0.25) is 9.69 Å². The van der Waals surface area contributed by atoms with Crippen molar-refractivity contribution in [2.75, 3.05) is 13.1 Å². The van der Waals surface area contributed by atoms with Crippen LogP contribution in [0.15, 0.2) is 53.2 Å². The van der Waals surface area contributed by atoms with E-state index in [9.17, 15) is 4.79 Å². The number of amides is 1. The van der Waals surface area contributed by atoms with Gasteiger partial charge in [0, 0.05) is 27.9 Å². The van der Waals surface area contributed by atoms with Crippen LogP contribution in [-0.2, 0) is 17.8 Å². The second-order valence-corrected chi connectivity index (χ2v) is 8.76. The summed E-state index contributed by atoms with van der Waals surface area (Å²) in [5.74, 6) is 0.0557. The van der Waals surface area contributed by atoms with Gasteiger partial charge in [-0.25, -0.2) is 0 Å². The molecule has 26 heavy (non-hydrogen) atoms.